The monoisotopic (exact) mass is 455 g/mol. The van der Waals surface area contributed by atoms with Gasteiger partial charge in [0.25, 0.3) is 5.91 Å². The fraction of sp³-hybridized carbons (Fsp3) is 0.250. The number of hydrogen-bond acceptors (Lipinski definition) is 7. The van der Waals surface area contributed by atoms with Gasteiger partial charge in [0.2, 0.25) is 5.75 Å². The van der Waals surface area contributed by atoms with Crippen LogP contribution in [-0.4, -0.2) is 46.6 Å². The predicted molar refractivity (Wildman–Crippen MR) is 125 cm³/mol. The van der Waals surface area contributed by atoms with Crippen molar-refractivity contribution in [1.82, 2.24) is 0 Å². The summed E-state index contributed by atoms with van der Waals surface area (Å²) in [5.74, 6) is 0.404. The van der Waals surface area contributed by atoms with Gasteiger partial charge >= 0.3 is 5.97 Å². The number of carbonyl (C=O) groups is 2. The van der Waals surface area contributed by atoms with E-state index in [2.05, 4.69) is 0 Å². The molecule has 1 aliphatic heterocycles. The molecule has 2 aromatic rings. The number of rotatable bonds is 7. The number of hydrogen-bond donors (Lipinski definition) is 0. The van der Waals surface area contributed by atoms with Crippen LogP contribution in [0, 0.1) is 0 Å². The molecule has 8 heteroatoms. The topological polar surface area (TPSA) is 74.3 Å². The number of benzene rings is 2. The summed E-state index contributed by atoms with van der Waals surface area (Å²) in [6, 6.07) is 11.0. The summed E-state index contributed by atoms with van der Waals surface area (Å²) in [5.41, 5.74) is 2.21. The van der Waals surface area contributed by atoms with Crippen LogP contribution in [0.4, 0.5) is 5.69 Å². The number of esters is 1. The maximum absolute atomic E-state index is 13.5. The van der Waals surface area contributed by atoms with Crippen LogP contribution in [-0.2, 0) is 14.3 Å². The number of carbonyl (C=O) groups excluding carboxylic acids is 2. The van der Waals surface area contributed by atoms with Gasteiger partial charge in [0, 0.05) is 10.6 Å². The van der Waals surface area contributed by atoms with Crippen molar-refractivity contribution in [2.45, 2.75) is 11.8 Å². The van der Waals surface area contributed by atoms with Crippen molar-refractivity contribution in [2.75, 3.05) is 39.6 Å². The number of methoxy groups -OCH3 is 4. The Balaban J connectivity index is 2.18. The van der Waals surface area contributed by atoms with E-state index in [4.69, 9.17) is 18.9 Å². The maximum atomic E-state index is 13.5. The lowest BCUT2D eigenvalue weighted by Crippen LogP contribution is -2.24. The largest absolute Gasteiger partial charge is 0.493 e. The third-order valence-corrected chi connectivity index (χ3v) is 5.82. The normalized spacial score (nSPS) is 14.8. The first-order chi connectivity index (χ1) is 15.4. The van der Waals surface area contributed by atoms with Crippen molar-refractivity contribution < 1.29 is 28.5 Å². The van der Waals surface area contributed by atoms with Gasteiger partial charge in [-0.15, -0.1) is 11.8 Å². The van der Waals surface area contributed by atoms with Crippen molar-refractivity contribution in [2.24, 2.45) is 0 Å². The summed E-state index contributed by atoms with van der Waals surface area (Å²) in [4.78, 5) is 28.7. The Morgan fingerprint density at radius 1 is 1.00 bits per heavy atom. The average molecular weight is 456 g/mol. The highest BCUT2D eigenvalue weighted by atomic mass is 32.2. The molecule has 0 fully saturated rings. The number of thioether (sulfide) groups is 1. The zero-order valence-corrected chi connectivity index (χ0v) is 19.7. The molecule has 0 aliphatic carbocycles. The van der Waals surface area contributed by atoms with Gasteiger partial charge in [-0.3, -0.25) is 9.69 Å². The number of nitrogens with zero attached hydrogens (tertiary/aromatic N) is 1. The second kappa shape index (κ2) is 9.82. The molecule has 0 atom stereocenters. The van der Waals surface area contributed by atoms with Gasteiger partial charge in [-0.25, -0.2) is 4.79 Å². The lowest BCUT2D eigenvalue weighted by molar-refractivity contribution is -0.136. The number of allylic oxidation sites excluding steroid dienone is 1. The van der Waals surface area contributed by atoms with Crippen molar-refractivity contribution >= 4 is 35.4 Å². The van der Waals surface area contributed by atoms with E-state index in [-0.39, 0.29) is 17.1 Å². The molecule has 1 amide bonds. The Hall–Kier alpha value is -3.39. The summed E-state index contributed by atoms with van der Waals surface area (Å²) < 4.78 is 21.2. The highest BCUT2D eigenvalue weighted by molar-refractivity contribution is 7.98. The molecule has 1 heterocycles. The molecule has 0 unspecified atom stereocenters. The van der Waals surface area contributed by atoms with Crippen LogP contribution in [0.1, 0.15) is 12.5 Å². The number of amides is 1. The molecule has 2 aromatic carbocycles. The van der Waals surface area contributed by atoms with E-state index in [0.29, 0.717) is 34.2 Å². The molecule has 0 spiro atoms. The minimum atomic E-state index is -0.585. The molecule has 0 radical (unpaired) electrons. The Labute approximate surface area is 191 Å². The van der Waals surface area contributed by atoms with Crippen molar-refractivity contribution in [1.29, 1.82) is 0 Å². The van der Waals surface area contributed by atoms with Gasteiger partial charge in [0.05, 0.1) is 45.3 Å². The van der Waals surface area contributed by atoms with E-state index in [0.717, 1.165) is 4.90 Å². The molecule has 168 valence electrons. The van der Waals surface area contributed by atoms with E-state index in [9.17, 15) is 9.59 Å². The van der Waals surface area contributed by atoms with Gasteiger partial charge in [-0.1, -0.05) is 6.07 Å². The summed E-state index contributed by atoms with van der Waals surface area (Å²) in [7, 11) is 5.83. The molecule has 3 rings (SSSR count). The molecular weight excluding hydrogens is 430 g/mol. The van der Waals surface area contributed by atoms with E-state index < -0.39 is 5.97 Å². The lowest BCUT2D eigenvalue weighted by Gasteiger charge is -2.18. The Morgan fingerprint density at radius 3 is 2.19 bits per heavy atom. The molecule has 7 nitrogen and oxygen atoms in total. The first-order valence-corrected chi connectivity index (χ1v) is 10.9. The van der Waals surface area contributed by atoms with Crippen LogP contribution in [0.5, 0.6) is 17.2 Å². The smallest absolute Gasteiger partial charge is 0.340 e. The van der Waals surface area contributed by atoms with E-state index in [1.165, 1.54) is 33.3 Å². The predicted octanol–water partition coefficient (Wildman–Crippen LogP) is 4.31. The van der Waals surface area contributed by atoms with Crippen LogP contribution >= 0.6 is 11.8 Å². The average Bonchev–Trinajstić information content (AvgIpc) is 3.06. The van der Waals surface area contributed by atoms with Crippen LogP contribution in [0.2, 0.25) is 0 Å². The number of ether oxygens (including phenoxy) is 4. The lowest BCUT2D eigenvalue weighted by atomic mass is 10.0. The highest BCUT2D eigenvalue weighted by Gasteiger charge is 2.38. The molecule has 0 aromatic heterocycles. The summed E-state index contributed by atoms with van der Waals surface area (Å²) in [6.45, 7) is 1.73. The van der Waals surface area contributed by atoms with Gasteiger partial charge in [-0.05, 0) is 55.2 Å². The SMILES string of the molecule is COC(=O)C1=C(C)N(c2cccc(SC)c2)C(=O)/C1=C\c1cc(OC)c(OC)c(OC)c1. The summed E-state index contributed by atoms with van der Waals surface area (Å²) in [6.07, 6.45) is 3.59. The fourth-order valence-electron chi connectivity index (χ4n) is 3.59. The second-order valence-corrected chi connectivity index (χ2v) is 7.69. The maximum Gasteiger partial charge on any atom is 0.340 e. The third kappa shape index (κ3) is 4.18. The van der Waals surface area contributed by atoms with Crippen molar-refractivity contribution in [3.8, 4) is 17.2 Å². The van der Waals surface area contributed by atoms with Gasteiger partial charge in [-0.2, -0.15) is 0 Å². The molecule has 0 bridgehead atoms. The van der Waals surface area contributed by atoms with Gasteiger partial charge in [0.15, 0.2) is 11.5 Å². The summed E-state index contributed by atoms with van der Waals surface area (Å²) in [5, 5.41) is 0. The molecular formula is C24H25NO6S. The highest BCUT2D eigenvalue weighted by Crippen LogP contribution is 2.41. The zero-order valence-electron chi connectivity index (χ0n) is 18.8. The second-order valence-electron chi connectivity index (χ2n) is 6.81. The quantitative estimate of drug-likeness (QED) is 0.350. The zero-order chi connectivity index (χ0) is 23.4. The van der Waals surface area contributed by atoms with Gasteiger partial charge in [0.1, 0.15) is 0 Å². The van der Waals surface area contributed by atoms with Crippen LogP contribution in [0.15, 0.2) is 58.1 Å². The van der Waals surface area contributed by atoms with Gasteiger partial charge < -0.3 is 18.9 Å². The Morgan fingerprint density at radius 2 is 1.66 bits per heavy atom. The van der Waals surface area contributed by atoms with Crippen LogP contribution < -0.4 is 19.1 Å². The minimum Gasteiger partial charge on any atom is -0.493 e. The molecule has 1 aliphatic rings. The third-order valence-electron chi connectivity index (χ3n) is 5.10. The fourth-order valence-corrected chi connectivity index (χ4v) is 4.05. The van der Waals surface area contributed by atoms with Crippen molar-refractivity contribution in [3.05, 3.63) is 58.8 Å². The molecule has 32 heavy (non-hydrogen) atoms. The van der Waals surface area contributed by atoms with E-state index >= 15 is 0 Å². The molecule has 0 saturated carbocycles. The van der Waals surface area contributed by atoms with E-state index in [1.54, 1.807) is 36.9 Å². The first kappa shape index (κ1) is 23.3. The first-order valence-electron chi connectivity index (χ1n) is 9.69. The minimum absolute atomic E-state index is 0.209. The van der Waals surface area contributed by atoms with Crippen LogP contribution in [0.25, 0.3) is 6.08 Å². The molecule has 0 N–H and O–H groups in total. The van der Waals surface area contributed by atoms with Crippen molar-refractivity contribution in [3.63, 3.8) is 0 Å². The number of anilines is 1. The Bertz CT molecular complexity index is 1100. The summed E-state index contributed by atoms with van der Waals surface area (Å²) >= 11 is 1.57. The molecule has 0 saturated heterocycles. The Kier molecular flexibility index (Phi) is 7.15. The van der Waals surface area contributed by atoms with Crippen LogP contribution in [0.3, 0.4) is 0 Å². The van der Waals surface area contributed by atoms with E-state index in [1.807, 2.05) is 30.5 Å². The standard InChI is InChI=1S/C24H25NO6S/c1-14-21(24(27)31-5)18(23(26)25(14)16-8-7-9-17(13-16)32-6)10-15-11-19(28-2)22(30-4)20(12-15)29-3/h7-13H,1-6H3/b18-10-.